The third-order valence-electron chi connectivity index (χ3n) is 2.44. The molecule has 102 valence electrons. The van der Waals surface area contributed by atoms with Gasteiger partial charge in [-0.1, -0.05) is 23.2 Å². The number of benzene rings is 2. The van der Waals surface area contributed by atoms with E-state index in [4.69, 9.17) is 27.9 Å². The molecule has 0 radical (unpaired) electrons. The molecule has 0 N–H and O–H groups in total. The molecule has 0 saturated heterocycles. The first-order valence-electron chi connectivity index (χ1n) is 5.43. The van der Waals surface area contributed by atoms with E-state index in [0.717, 1.165) is 12.1 Å². The van der Waals surface area contributed by atoms with E-state index in [1.165, 1.54) is 24.3 Å². The van der Waals surface area contributed by atoms with Crippen molar-refractivity contribution in [3.63, 3.8) is 0 Å². The number of ether oxygens (including phenoxy) is 1. The summed E-state index contributed by atoms with van der Waals surface area (Å²) in [5.74, 6) is -1.31. The summed E-state index contributed by atoms with van der Waals surface area (Å²) >= 11 is 11.6. The Morgan fingerprint density at radius 2 is 1.80 bits per heavy atom. The SMILES string of the molecule is O=Cc1cc(Cl)cc(Cl)c1OC(=O)c1ccc(F)cc1. The van der Waals surface area contributed by atoms with Gasteiger partial charge in [-0.15, -0.1) is 0 Å². The molecule has 0 amide bonds. The number of hydrogen-bond donors (Lipinski definition) is 0. The molecule has 6 heteroatoms. The van der Waals surface area contributed by atoms with Crippen LogP contribution >= 0.6 is 23.2 Å². The van der Waals surface area contributed by atoms with Gasteiger partial charge in [0.15, 0.2) is 12.0 Å². The summed E-state index contributed by atoms with van der Waals surface area (Å²) < 4.78 is 17.8. The van der Waals surface area contributed by atoms with Crippen molar-refractivity contribution in [1.29, 1.82) is 0 Å². The second kappa shape index (κ2) is 6.03. The van der Waals surface area contributed by atoms with E-state index >= 15 is 0 Å². The standard InChI is InChI=1S/C14H7Cl2FO3/c15-10-5-9(7-18)13(12(16)6-10)20-14(19)8-1-3-11(17)4-2-8/h1-7H. The van der Waals surface area contributed by atoms with E-state index in [1.54, 1.807) is 0 Å². The normalized spacial score (nSPS) is 10.2. The zero-order valence-electron chi connectivity index (χ0n) is 9.90. The number of carbonyl (C=O) groups excluding carboxylic acids is 2. The third-order valence-corrected chi connectivity index (χ3v) is 2.94. The van der Waals surface area contributed by atoms with Crippen LogP contribution in [0.4, 0.5) is 4.39 Å². The smallest absolute Gasteiger partial charge is 0.343 e. The number of rotatable bonds is 3. The van der Waals surface area contributed by atoms with Gasteiger partial charge in [-0.2, -0.15) is 0 Å². The Balaban J connectivity index is 2.32. The van der Waals surface area contributed by atoms with Crippen molar-refractivity contribution in [2.24, 2.45) is 0 Å². The lowest BCUT2D eigenvalue weighted by atomic mass is 10.2. The molecule has 0 heterocycles. The summed E-state index contributed by atoms with van der Waals surface area (Å²) in [5, 5.41) is 0.286. The van der Waals surface area contributed by atoms with Gasteiger partial charge in [0.05, 0.1) is 16.1 Å². The van der Waals surface area contributed by atoms with Crippen molar-refractivity contribution in [3.8, 4) is 5.75 Å². The van der Waals surface area contributed by atoms with E-state index in [0.29, 0.717) is 6.29 Å². The van der Waals surface area contributed by atoms with Gasteiger partial charge in [0.2, 0.25) is 0 Å². The number of carbonyl (C=O) groups is 2. The Morgan fingerprint density at radius 1 is 1.15 bits per heavy atom. The minimum Gasteiger partial charge on any atom is -0.421 e. The van der Waals surface area contributed by atoms with E-state index in [9.17, 15) is 14.0 Å². The molecule has 3 nitrogen and oxygen atoms in total. The Bertz CT molecular complexity index is 669. The van der Waals surface area contributed by atoms with Crippen LogP contribution in [0.15, 0.2) is 36.4 Å². The van der Waals surface area contributed by atoms with Crippen LogP contribution in [0.1, 0.15) is 20.7 Å². The fourth-order valence-corrected chi connectivity index (χ4v) is 2.06. The molecule has 0 aliphatic heterocycles. The zero-order chi connectivity index (χ0) is 14.7. The lowest BCUT2D eigenvalue weighted by molar-refractivity contribution is 0.0733. The first kappa shape index (κ1) is 14.5. The van der Waals surface area contributed by atoms with Crippen LogP contribution in [0.3, 0.4) is 0 Å². The molecule has 0 bridgehead atoms. The molecule has 0 aromatic heterocycles. The molecule has 0 atom stereocenters. The molecule has 0 spiro atoms. The quantitative estimate of drug-likeness (QED) is 0.485. The summed E-state index contributed by atoms with van der Waals surface area (Å²) in [6.45, 7) is 0. The summed E-state index contributed by atoms with van der Waals surface area (Å²) in [4.78, 5) is 22.8. The second-order valence-corrected chi connectivity index (χ2v) is 4.66. The average Bonchev–Trinajstić information content (AvgIpc) is 2.42. The molecule has 2 aromatic rings. The van der Waals surface area contributed by atoms with E-state index < -0.39 is 11.8 Å². The van der Waals surface area contributed by atoms with Gasteiger partial charge >= 0.3 is 5.97 Å². The largest absolute Gasteiger partial charge is 0.421 e. The van der Waals surface area contributed by atoms with Crippen LogP contribution in [0, 0.1) is 5.82 Å². The van der Waals surface area contributed by atoms with Crippen LogP contribution in [-0.4, -0.2) is 12.3 Å². The van der Waals surface area contributed by atoms with Crippen LogP contribution in [0.25, 0.3) is 0 Å². The molecule has 0 aliphatic rings. The Morgan fingerprint density at radius 3 is 2.40 bits per heavy atom. The van der Waals surface area contributed by atoms with E-state index in [1.807, 2.05) is 0 Å². The topological polar surface area (TPSA) is 43.4 Å². The van der Waals surface area contributed by atoms with Crippen molar-refractivity contribution in [2.45, 2.75) is 0 Å². The predicted octanol–water partition coefficient (Wildman–Crippen LogP) is 4.16. The van der Waals surface area contributed by atoms with E-state index in [2.05, 4.69) is 0 Å². The van der Waals surface area contributed by atoms with Gasteiger partial charge in [-0.25, -0.2) is 9.18 Å². The maximum Gasteiger partial charge on any atom is 0.343 e. The molecule has 20 heavy (non-hydrogen) atoms. The highest BCUT2D eigenvalue weighted by Gasteiger charge is 2.16. The van der Waals surface area contributed by atoms with Crippen LogP contribution in [0.5, 0.6) is 5.75 Å². The monoisotopic (exact) mass is 312 g/mol. The van der Waals surface area contributed by atoms with Crippen molar-refractivity contribution < 1.29 is 18.7 Å². The van der Waals surface area contributed by atoms with Crippen molar-refractivity contribution in [1.82, 2.24) is 0 Å². The average molecular weight is 313 g/mol. The highest BCUT2D eigenvalue weighted by molar-refractivity contribution is 6.36. The molecule has 0 aliphatic carbocycles. The highest BCUT2D eigenvalue weighted by atomic mass is 35.5. The fraction of sp³-hybridized carbons (Fsp3) is 0. The summed E-state index contributed by atoms with van der Waals surface area (Å²) in [7, 11) is 0. The third kappa shape index (κ3) is 3.15. The summed E-state index contributed by atoms with van der Waals surface area (Å²) in [5.41, 5.74) is 0.187. The van der Waals surface area contributed by atoms with Crippen LogP contribution < -0.4 is 4.74 Å². The zero-order valence-corrected chi connectivity index (χ0v) is 11.4. The molecule has 2 aromatic carbocycles. The van der Waals surface area contributed by atoms with Crippen molar-refractivity contribution in [3.05, 3.63) is 63.4 Å². The van der Waals surface area contributed by atoms with Gasteiger partial charge in [-0.3, -0.25) is 4.79 Å². The molecule has 0 unspecified atom stereocenters. The molecular formula is C14H7Cl2FO3. The Kier molecular flexibility index (Phi) is 4.37. The molecule has 0 fully saturated rings. The molecule has 0 saturated carbocycles. The number of hydrogen-bond acceptors (Lipinski definition) is 3. The van der Waals surface area contributed by atoms with E-state index in [-0.39, 0.29) is 26.9 Å². The minimum atomic E-state index is -0.752. The molecular weight excluding hydrogens is 306 g/mol. The van der Waals surface area contributed by atoms with Gasteiger partial charge in [-0.05, 0) is 36.4 Å². The van der Waals surface area contributed by atoms with Crippen molar-refractivity contribution in [2.75, 3.05) is 0 Å². The predicted molar refractivity (Wildman–Crippen MR) is 73.2 cm³/mol. The van der Waals surface area contributed by atoms with Gasteiger partial charge < -0.3 is 4.74 Å². The van der Waals surface area contributed by atoms with Crippen LogP contribution in [0.2, 0.25) is 10.0 Å². The van der Waals surface area contributed by atoms with Crippen LogP contribution in [-0.2, 0) is 0 Å². The minimum absolute atomic E-state index is 0.0371. The first-order valence-corrected chi connectivity index (χ1v) is 6.19. The maximum atomic E-state index is 12.8. The number of halogens is 3. The Labute approximate surface area is 123 Å². The number of esters is 1. The summed E-state index contributed by atoms with van der Waals surface area (Å²) in [6.07, 6.45) is 0.477. The van der Waals surface area contributed by atoms with Gasteiger partial charge in [0.1, 0.15) is 5.82 Å². The lowest BCUT2D eigenvalue weighted by Gasteiger charge is -2.09. The number of aldehydes is 1. The second-order valence-electron chi connectivity index (χ2n) is 3.82. The maximum absolute atomic E-state index is 12.8. The van der Waals surface area contributed by atoms with Gasteiger partial charge in [0.25, 0.3) is 0 Å². The van der Waals surface area contributed by atoms with Gasteiger partial charge in [0, 0.05) is 5.02 Å². The van der Waals surface area contributed by atoms with Crippen molar-refractivity contribution >= 4 is 35.5 Å². The summed E-state index contributed by atoms with van der Waals surface area (Å²) in [6, 6.07) is 7.46. The molecule has 2 rings (SSSR count). The highest BCUT2D eigenvalue weighted by Crippen LogP contribution is 2.32. The lowest BCUT2D eigenvalue weighted by Crippen LogP contribution is -2.10. The first-order chi connectivity index (χ1) is 9.51. The Hall–Kier alpha value is -1.91. The fourth-order valence-electron chi connectivity index (χ4n) is 1.51.